The van der Waals surface area contributed by atoms with Gasteiger partial charge < -0.3 is 14.2 Å². The lowest BCUT2D eigenvalue weighted by Crippen LogP contribution is -2.03. The van der Waals surface area contributed by atoms with Gasteiger partial charge in [0.25, 0.3) is 0 Å². The second-order valence-corrected chi connectivity index (χ2v) is 4.03. The van der Waals surface area contributed by atoms with Crippen molar-refractivity contribution >= 4 is 5.97 Å². The Morgan fingerprint density at radius 1 is 1.00 bits per heavy atom. The summed E-state index contributed by atoms with van der Waals surface area (Å²) in [7, 11) is 1.60. The van der Waals surface area contributed by atoms with Crippen LogP contribution in [0, 0.1) is 0 Å². The van der Waals surface area contributed by atoms with E-state index in [-0.39, 0.29) is 5.97 Å². The second-order valence-electron chi connectivity index (χ2n) is 4.03. The summed E-state index contributed by atoms with van der Waals surface area (Å²) in [6.07, 6.45) is 0. The van der Waals surface area contributed by atoms with Gasteiger partial charge in [-0.25, -0.2) is 4.79 Å². The molecule has 0 amide bonds. The van der Waals surface area contributed by atoms with Gasteiger partial charge in [-0.2, -0.15) is 0 Å². The standard InChI is InChI=1S/C16H16O4/c1-3-19-16(17)12-7-9-13(10-8-12)20-15-6-4-5-14(11-15)18-2/h4-11H,3H2,1-2H3. The van der Waals surface area contributed by atoms with Crippen LogP contribution in [0.5, 0.6) is 17.2 Å². The van der Waals surface area contributed by atoms with Crippen LogP contribution in [0.3, 0.4) is 0 Å². The zero-order chi connectivity index (χ0) is 14.4. The number of carbonyl (C=O) groups is 1. The van der Waals surface area contributed by atoms with E-state index in [9.17, 15) is 4.79 Å². The van der Waals surface area contributed by atoms with E-state index >= 15 is 0 Å². The molecule has 0 saturated heterocycles. The number of ether oxygens (including phenoxy) is 3. The van der Waals surface area contributed by atoms with Gasteiger partial charge in [-0.15, -0.1) is 0 Å². The monoisotopic (exact) mass is 272 g/mol. The van der Waals surface area contributed by atoms with Crippen molar-refractivity contribution in [2.24, 2.45) is 0 Å². The highest BCUT2D eigenvalue weighted by molar-refractivity contribution is 5.89. The third-order valence-electron chi connectivity index (χ3n) is 2.64. The molecule has 0 fully saturated rings. The lowest BCUT2D eigenvalue weighted by atomic mass is 10.2. The van der Waals surface area contributed by atoms with Crippen LogP contribution in [0.4, 0.5) is 0 Å². The molecule has 0 spiro atoms. The fourth-order valence-electron chi connectivity index (χ4n) is 1.67. The molecular weight excluding hydrogens is 256 g/mol. The van der Waals surface area contributed by atoms with Gasteiger partial charge in [0.05, 0.1) is 19.3 Å². The number of carbonyl (C=O) groups excluding carboxylic acids is 1. The summed E-state index contributed by atoms with van der Waals surface area (Å²) in [5.74, 6) is 1.71. The molecule has 2 aromatic carbocycles. The number of benzene rings is 2. The average Bonchev–Trinajstić information content (AvgIpc) is 2.48. The van der Waals surface area contributed by atoms with Gasteiger partial charge in [0.15, 0.2) is 0 Å². The summed E-state index contributed by atoms with van der Waals surface area (Å²) >= 11 is 0. The van der Waals surface area contributed by atoms with E-state index in [0.29, 0.717) is 23.7 Å². The summed E-state index contributed by atoms with van der Waals surface area (Å²) in [5, 5.41) is 0. The second kappa shape index (κ2) is 6.61. The summed E-state index contributed by atoms with van der Waals surface area (Å²) in [4.78, 5) is 11.5. The van der Waals surface area contributed by atoms with Crippen LogP contribution >= 0.6 is 0 Å². The van der Waals surface area contributed by atoms with E-state index in [1.165, 1.54) is 0 Å². The Morgan fingerprint density at radius 2 is 1.70 bits per heavy atom. The Labute approximate surface area is 117 Å². The minimum Gasteiger partial charge on any atom is -0.497 e. The molecule has 0 atom stereocenters. The zero-order valence-corrected chi connectivity index (χ0v) is 11.5. The van der Waals surface area contributed by atoms with Crippen molar-refractivity contribution in [2.75, 3.05) is 13.7 Å². The molecule has 0 aliphatic heterocycles. The van der Waals surface area contributed by atoms with Gasteiger partial charge >= 0.3 is 5.97 Å². The van der Waals surface area contributed by atoms with Gasteiger partial charge in [-0.1, -0.05) is 6.07 Å². The normalized spacial score (nSPS) is 9.90. The highest BCUT2D eigenvalue weighted by Crippen LogP contribution is 2.25. The van der Waals surface area contributed by atoms with Crippen LogP contribution < -0.4 is 9.47 Å². The van der Waals surface area contributed by atoms with Crippen LogP contribution in [0.2, 0.25) is 0 Å². The maximum Gasteiger partial charge on any atom is 0.338 e. The number of hydrogen-bond acceptors (Lipinski definition) is 4. The van der Waals surface area contributed by atoms with E-state index in [1.54, 1.807) is 44.4 Å². The predicted molar refractivity (Wildman–Crippen MR) is 75.5 cm³/mol. The van der Waals surface area contributed by atoms with Gasteiger partial charge in [-0.3, -0.25) is 0 Å². The maximum absolute atomic E-state index is 11.5. The van der Waals surface area contributed by atoms with E-state index < -0.39 is 0 Å². The Kier molecular flexibility index (Phi) is 4.60. The summed E-state index contributed by atoms with van der Waals surface area (Å²) in [5.41, 5.74) is 0.504. The van der Waals surface area contributed by atoms with Crippen molar-refractivity contribution in [3.8, 4) is 17.2 Å². The van der Waals surface area contributed by atoms with Gasteiger partial charge in [-0.05, 0) is 43.3 Å². The highest BCUT2D eigenvalue weighted by atomic mass is 16.5. The van der Waals surface area contributed by atoms with Crippen LogP contribution in [-0.2, 0) is 4.74 Å². The van der Waals surface area contributed by atoms with E-state index in [4.69, 9.17) is 14.2 Å². The maximum atomic E-state index is 11.5. The number of esters is 1. The summed E-state index contributed by atoms with van der Waals surface area (Å²) < 4.78 is 15.7. The van der Waals surface area contributed by atoms with E-state index in [0.717, 1.165) is 5.75 Å². The number of methoxy groups -OCH3 is 1. The fourth-order valence-corrected chi connectivity index (χ4v) is 1.67. The fraction of sp³-hybridized carbons (Fsp3) is 0.188. The third-order valence-corrected chi connectivity index (χ3v) is 2.64. The molecule has 0 N–H and O–H groups in total. The molecule has 0 aliphatic carbocycles. The van der Waals surface area contributed by atoms with Crippen LogP contribution in [0.1, 0.15) is 17.3 Å². The topological polar surface area (TPSA) is 44.8 Å². The van der Waals surface area contributed by atoms with Crippen molar-refractivity contribution < 1.29 is 19.0 Å². The molecule has 0 heterocycles. The molecule has 0 radical (unpaired) electrons. The molecule has 20 heavy (non-hydrogen) atoms. The molecule has 2 aromatic rings. The largest absolute Gasteiger partial charge is 0.497 e. The molecule has 2 rings (SSSR count). The van der Waals surface area contributed by atoms with E-state index in [1.807, 2.05) is 18.2 Å². The van der Waals surface area contributed by atoms with Gasteiger partial charge in [0.1, 0.15) is 17.2 Å². The molecule has 0 aliphatic rings. The molecule has 4 nitrogen and oxygen atoms in total. The number of hydrogen-bond donors (Lipinski definition) is 0. The lowest BCUT2D eigenvalue weighted by Gasteiger charge is -2.08. The van der Waals surface area contributed by atoms with E-state index in [2.05, 4.69) is 0 Å². The molecule has 0 aromatic heterocycles. The van der Waals surface area contributed by atoms with Crippen LogP contribution in [0.15, 0.2) is 48.5 Å². The first-order valence-electron chi connectivity index (χ1n) is 6.32. The predicted octanol–water partition coefficient (Wildman–Crippen LogP) is 3.66. The third kappa shape index (κ3) is 3.51. The van der Waals surface area contributed by atoms with Crippen molar-refractivity contribution in [1.82, 2.24) is 0 Å². The molecule has 4 heteroatoms. The molecule has 0 bridgehead atoms. The first-order chi connectivity index (χ1) is 9.72. The van der Waals surface area contributed by atoms with Crippen LogP contribution in [-0.4, -0.2) is 19.7 Å². The first kappa shape index (κ1) is 13.9. The number of rotatable bonds is 5. The minimum atomic E-state index is -0.333. The van der Waals surface area contributed by atoms with Gasteiger partial charge in [0, 0.05) is 6.07 Å². The van der Waals surface area contributed by atoms with Crippen molar-refractivity contribution in [1.29, 1.82) is 0 Å². The van der Waals surface area contributed by atoms with Gasteiger partial charge in [0.2, 0.25) is 0 Å². The molecule has 0 saturated carbocycles. The Balaban J connectivity index is 2.08. The average molecular weight is 272 g/mol. The Hall–Kier alpha value is -2.49. The Morgan fingerprint density at radius 3 is 2.35 bits per heavy atom. The zero-order valence-electron chi connectivity index (χ0n) is 11.5. The molecule has 0 unspecified atom stereocenters. The van der Waals surface area contributed by atoms with Crippen molar-refractivity contribution in [2.45, 2.75) is 6.92 Å². The lowest BCUT2D eigenvalue weighted by molar-refractivity contribution is 0.0526. The van der Waals surface area contributed by atoms with Crippen molar-refractivity contribution in [3.05, 3.63) is 54.1 Å². The first-order valence-corrected chi connectivity index (χ1v) is 6.32. The molecular formula is C16H16O4. The van der Waals surface area contributed by atoms with Crippen LogP contribution in [0.25, 0.3) is 0 Å². The smallest absolute Gasteiger partial charge is 0.338 e. The SMILES string of the molecule is CCOC(=O)c1ccc(Oc2cccc(OC)c2)cc1. The summed E-state index contributed by atoms with van der Waals surface area (Å²) in [6.45, 7) is 2.14. The minimum absolute atomic E-state index is 0.333. The Bertz CT molecular complexity index is 575. The summed E-state index contributed by atoms with van der Waals surface area (Å²) in [6, 6.07) is 14.1. The van der Waals surface area contributed by atoms with Crippen molar-refractivity contribution in [3.63, 3.8) is 0 Å². The highest BCUT2D eigenvalue weighted by Gasteiger charge is 2.06. The molecule has 104 valence electrons. The quantitative estimate of drug-likeness (QED) is 0.779.